The molecule has 28 heavy (non-hydrogen) atoms. The molecule has 6 heteroatoms. The number of carbonyl (C=O) groups is 1. The van der Waals surface area contributed by atoms with Gasteiger partial charge in [0.15, 0.2) is 5.13 Å². The highest BCUT2D eigenvalue weighted by Crippen LogP contribution is 2.34. The van der Waals surface area contributed by atoms with Crippen molar-refractivity contribution in [3.8, 4) is 6.07 Å². The minimum Gasteiger partial charge on any atom is -0.287 e. The Hall–Kier alpha value is -2.62. The third kappa shape index (κ3) is 4.27. The normalized spacial score (nSPS) is 11.6. The lowest BCUT2D eigenvalue weighted by Crippen LogP contribution is -2.26. The van der Waals surface area contributed by atoms with E-state index in [2.05, 4.69) is 24.9 Å². The first-order valence-corrected chi connectivity index (χ1v) is 10.7. The first-order chi connectivity index (χ1) is 13.5. The molecule has 4 nitrogen and oxygen atoms in total. The lowest BCUT2D eigenvalue weighted by molar-refractivity contribution is 0.0990. The van der Waals surface area contributed by atoms with E-state index in [0.29, 0.717) is 22.2 Å². The molecular weight excluding hydrogens is 386 g/mol. The van der Waals surface area contributed by atoms with Crippen molar-refractivity contribution in [2.24, 2.45) is 0 Å². The van der Waals surface area contributed by atoms with Crippen LogP contribution in [0.25, 0.3) is 0 Å². The van der Waals surface area contributed by atoms with Gasteiger partial charge in [-0.15, -0.1) is 11.3 Å². The zero-order valence-electron chi connectivity index (χ0n) is 16.0. The van der Waals surface area contributed by atoms with E-state index >= 15 is 0 Å². The van der Waals surface area contributed by atoms with Crippen molar-refractivity contribution in [3.05, 3.63) is 70.7 Å². The van der Waals surface area contributed by atoms with Gasteiger partial charge in [-0.1, -0.05) is 49.9 Å². The van der Waals surface area contributed by atoms with Gasteiger partial charge in [0.2, 0.25) is 0 Å². The van der Waals surface area contributed by atoms with E-state index in [1.165, 1.54) is 23.1 Å². The van der Waals surface area contributed by atoms with Crippen LogP contribution in [0.1, 0.15) is 47.8 Å². The zero-order chi connectivity index (χ0) is 20.1. The average Bonchev–Trinajstić information content (AvgIpc) is 3.23. The molecule has 0 bridgehead atoms. The highest BCUT2D eigenvalue weighted by atomic mass is 32.2. The summed E-state index contributed by atoms with van der Waals surface area (Å²) in [5.74, 6) is 0.265. The van der Waals surface area contributed by atoms with Gasteiger partial charge in [-0.25, -0.2) is 4.98 Å². The smallest absolute Gasteiger partial charge is 0.260 e. The van der Waals surface area contributed by atoms with Crippen LogP contribution in [0.15, 0.2) is 63.7 Å². The fraction of sp³-hybridized carbons (Fsp3) is 0.227. The van der Waals surface area contributed by atoms with Crippen LogP contribution in [-0.4, -0.2) is 17.9 Å². The van der Waals surface area contributed by atoms with Gasteiger partial charge in [-0.05, 0) is 36.6 Å². The Morgan fingerprint density at radius 1 is 1.21 bits per heavy atom. The van der Waals surface area contributed by atoms with Crippen molar-refractivity contribution < 1.29 is 4.79 Å². The molecule has 0 N–H and O–H groups in total. The van der Waals surface area contributed by atoms with E-state index < -0.39 is 0 Å². The van der Waals surface area contributed by atoms with Crippen molar-refractivity contribution in [1.29, 1.82) is 5.26 Å². The molecule has 1 amide bonds. The number of nitriles is 1. The predicted octanol–water partition coefficient (Wildman–Crippen LogP) is 5.96. The maximum atomic E-state index is 13.2. The van der Waals surface area contributed by atoms with E-state index in [0.717, 1.165) is 21.9 Å². The number of anilines is 1. The van der Waals surface area contributed by atoms with Crippen LogP contribution in [0.5, 0.6) is 0 Å². The molecule has 1 aromatic heterocycles. The summed E-state index contributed by atoms with van der Waals surface area (Å²) in [6.07, 6.45) is 1.01. The predicted molar refractivity (Wildman–Crippen MR) is 115 cm³/mol. The number of hydrogen-bond donors (Lipinski definition) is 0. The van der Waals surface area contributed by atoms with Crippen LogP contribution < -0.4 is 4.90 Å². The molecule has 0 aliphatic heterocycles. The number of amides is 1. The van der Waals surface area contributed by atoms with Gasteiger partial charge in [0.05, 0.1) is 16.8 Å². The first-order valence-electron chi connectivity index (χ1n) is 9.04. The molecule has 0 saturated carbocycles. The molecule has 1 unspecified atom stereocenters. The maximum Gasteiger partial charge on any atom is 0.260 e. The van der Waals surface area contributed by atoms with Gasteiger partial charge < -0.3 is 0 Å². The summed E-state index contributed by atoms with van der Waals surface area (Å²) in [6.45, 7) is 4.27. The topological polar surface area (TPSA) is 57.0 Å². The van der Waals surface area contributed by atoms with Gasteiger partial charge in [0, 0.05) is 22.2 Å². The third-order valence-electron chi connectivity index (χ3n) is 4.56. The quantitative estimate of drug-likeness (QED) is 0.506. The van der Waals surface area contributed by atoms with Gasteiger partial charge in [0.25, 0.3) is 5.91 Å². The number of aromatic nitrogens is 1. The molecule has 142 valence electrons. The van der Waals surface area contributed by atoms with Gasteiger partial charge in [0.1, 0.15) is 6.07 Å². The Bertz CT molecular complexity index is 1020. The second-order valence-corrected chi connectivity index (χ2v) is 8.35. The Morgan fingerprint density at radius 3 is 2.61 bits per heavy atom. The highest BCUT2D eigenvalue weighted by molar-refractivity contribution is 7.99. The van der Waals surface area contributed by atoms with Crippen LogP contribution in [0.3, 0.4) is 0 Å². The number of hydrogen-bond acceptors (Lipinski definition) is 5. The molecule has 0 aliphatic carbocycles. The van der Waals surface area contributed by atoms with Gasteiger partial charge >= 0.3 is 0 Å². The molecule has 0 fully saturated rings. The van der Waals surface area contributed by atoms with Crippen molar-refractivity contribution in [1.82, 2.24) is 4.98 Å². The summed E-state index contributed by atoms with van der Waals surface area (Å²) in [7, 11) is 1.76. The molecule has 0 saturated heterocycles. The summed E-state index contributed by atoms with van der Waals surface area (Å²) in [5.41, 5.74) is 2.22. The van der Waals surface area contributed by atoms with Crippen LogP contribution in [0.2, 0.25) is 0 Å². The van der Waals surface area contributed by atoms with Crippen molar-refractivity contribution in [3.63, 3.8) is 0 Å². The van der Waals surface area contributed by atoms with Crippen molar-refractivity contribution in [2.75, 3.05) is 11.9 Å². The van der Waals surface area contributed by atoms with E-state index in [9.17, 15) is 10.1 Å². The number of benzene rings is 2. The molecule has 0 radical (unpaired) electrons. The summed E-state index contributed by atoms with van der Waals surface area (Å²) < 4.78 is 0. The Kier molecular flexibility index (Phi) is 6.50. The molecule has 1 heterocycles. The van der Waals surface area contributed by atoms with E-state index in [1.807, 2.05) is 47.8 Å². The summed E-state index contributed by atoms with van der Waals surface area (Å²) in [5, 5.41) is 12.1. The zero-order valence-corrected chi connectivity index (χ0v) is 17.7. The molecule has 3 aromatic rings. The second-order valence-electron chi connectivity index (χ2n) is 6.43. The number of rotatable bonds is 6. The summed E-state index contributed by atoms with van der Waals surface area (Å²) >= 11 is 2.92. The molecule has 2 aromatic carbocycles. The van der Waals surface area contributed by atoms with Crippen LogP contribution in [0.4, 0.5) is 5.13 Å². The molecule has 3 rings (SSSR count). The van der Waals surface area contributed by atoms with Gasteiger partial charge in [-0.3, -0.25) is 9.69 Å². The third-order valence-corrected chi connectivity index (χ3v) is 6.65. The molecule has 1 atom stereocenters. The van der Waals surface area contributed by atoms with Crippen LogP contribution in [0, 0.1) is 11.3 Å². The number of thiazole rings is 1. The van der Waals surface area contributed by atoms with Crippen LogP contribution in [-0.2, 0) is 0 Å². The van der Waals surface area contributed by atoms with Crippen molar-refractivity contribution in [2.45, 2.75) is 36.0 Å². The SMILES string of the molecule is CCC(C)c1csc(N(C)C(=O)c2ccccc2Sc2ccccc2C#N)n1. The minimum absolute atomic E-state index is 0.109. The molecule has 0 spiro atoms. The Morgan fingerprint density at radius 2 is 1.89 bits per heavy atom. The fourth-order valence-electron chi connectivity index (χ4n) is 2.63. The lowest BCUT2D eigenvalue weighted by Gasteiger charge is -2.16. The average molecular weight is 408 g/mol. The number of carbonyl (C=O) groups excluding carboxylic acids is 1. The lowest BCUT2D eigenvalue weighted by atomic mass is 10.1. The Labute approximate surface area is 173 Å². The van der Waals surface area contributed by atoms with Gasteiger partial charge in [-0.2, -0.15) is 5.26 Å². The minimum atomic E-state index is -0.109. The maximum absolute atomic E-state index is 13.2. The molecular formula is C22H21N3OS2. The van der Waals surface area contributed by atoms with Crippen molar-refractivity contribution >= 4 is 34.1 Å². The largest absolute Gasteiger partial charge is 0.287 e. The highest BCUT2D eigenvalue weighted by Gasteiger charge is 2.21. The second kappa shape index (κ2) is 9.05. The summed E-state index contributed by atoms with van der Waals surface area (Å²) in [4.78, 5) is 21.1. The number of nitrogens with zero attached hydrogens (tertiary/aromatic N) is 3. The summed E-state index contributed by atoms with van der Waals surface area (Å²) in [6, 6.07) is 17.1. The molecule has 0 aliphatic rings. The van der Waals surface area contributed by atoms with Crippen LogP contribution >= 0.6 is 23.1 Å². The van der Waals surface area contributed by atoms with E-state index in [1.54, 1.807) is 18.0 Å². The standard InChI is InChI=1S/C22H21N3OS2/c1-4-15(2)18-14-27-22(24-18)25(3)21(26)17-10-6-8-12-20(17)28-19-11-7-5-9-16(19)13-23/h5-12,14-15H,4H2,1-3H3. The monoisotopic (exact) mass is 407 g/mol. The van der Waals surface area contributed by atoms with E-state index in [4.69, 9.17) is 0 Å². The first kappa shape index (κ1) is 20.1. The Balaban J connectivity index is 1.88. The fourth-order valence-corrected chi connectivity index (χ4v) is 4.56. The van der Waals surface area contributed by atoms with E-state index in [-0.39, 0.29) is 5.91 Å².